The summed E-state index contributed by atoms with van der Waals surface area (Å²) >= 11 is 0.966. The number of oxime groups is 1. The highest BCUT2D eigenvalue weighted by molar-refractivity contribution is 7.84. The van der Waals surface area contributed by atoms with Crippen LogP contribution < -0.4 is 27.8 Å². The van der Waals surface area contributed by atoms with Crippen LogP contribution in [0.4, 0.5) is 5.13 Å². The molecule has 2 atom stereocenters. The van der Waals surface area contributed by atoms with Crippen molar-refractivity contribution in [3.8, 4) is 0 Å². The van der Waals surface area contributed by atoms with Gasteiger partial charge in [0.25, 0.3) is 11.8 Å². The fourth-order valence-electron chi connectivity index (χ4n) is 4.40. The second-order valence-electron chi connectivity index (χ2n) is 10.2. The Morgan fingerprint density at radius 3 is 2.58 bits per heavy atom. The number of hydrogen-bond donors (Lipinski definition) is 7. The molecule has 2 aromatic rings. The van der Waals surface area contributed by atoms with E-state index >= 15 is 0 Å². The first-order valence-corrected chi connectivity index (χ1v) is 15.1. The maximum atomic E-state index is 13.2. The number of thiazole rings is 1. The van der Waals surface area contributed by atoms with E-state index < -0.39 is 51.5 Å². The van der Waals surface area contributed by atoms with Gasteiger partial charge < -0.3 is 37.8 Å². The molecule has 0 radical (unpaired) electrons. The molecule has 1 aliphatic heterocycles. The fourth-order valence-corrected chi connectivity index (χ4v) is 5.82. The zero-order valence-corrected chi connectivity index (χ0v) is 23.9. The lowest BCUT2D eigenvalue weighted by atomic mass is 9.88. The van der Waals surface area contributed by atoms with Crippen molar-refractivity contribution >= 4 is 56.2 Å². The van der Waals surface area contributed by atoms with Crippen LogP contribution >= 0.6 is 11.3 Å². The molecule has 0 bridgehead atoms. The highest BCUT2D eigenvalue weighted by atomic mass is 32.2. The molecule has 5 rings (SSSR count). The number of nitrogen functional groups attached to an aromatic ring is 1. The molecule has 2 aromatic heterocycles. The number of nitrogens with two attached hydrogens (primary N) is 3. The molecule has 0 aromatic carbocycles. The molecule has 232 valence electrons. The highest BCUT2D eigenvalue weighted by Crippen LogP contribution is 2.40. The van der Waals surface area contributed by atoms with Crippen molar-refractivity contribution in [1.29, 1.82) is 0 Å². The van der Waals surface area contributed by atoms with Gasteiger partial charge in [-0.15, -0.1) is 11.3 Å². The standard InChI is InChI=1S/C21H28N12O8S2/c22-9-3-10(4-9)27-19(23)25-5-11-6-26-32(30-11)7-13-15(17(35)33(13)43(38,39)40)29-16(34)14(12-8-42-20(24)28-12)31-41-21(1-2-21)18(36)37/h6,8-10,13,15H,1-5,7,22H2,(H2,24,28)(H,29,34)(H,36,37)(H3,23,25,27)(H,38,39,40)/b31-14-/t9?,10?,13-,15?/m0/s1. The van der Waals surface area contributed by atoms with Crippen LogP contribution in [0.5, 0.6) is 0 Å². The number of nitrogens with one attached hydrogen (secondary N) is 2. The quantitative estimate of drug-likeness (QED) is 0.0394. The van der Waals surface area contributed by atoms with Gasteiger partial charge in [0, 0.05) is 30.3 Å². The van der Waals surface area contributed by atoms with Gasteiger partial charge in [0.15, 0.2) is 16.8 Å². The Kier molecular flexibility index (Phi) is 7.93. The van der Waals surface area contributed by atoms with Gasteiger partial charge in [0.2, 0.25) is 5.60 Å². The number of rotatable bonds is 12. The number of carboxylic acid groups (broad SMARTS) is 1. The summed E-state index contributed by atoms with van der Waals surface area (Å²) in [6.07, 6.45) is 3.22. The molecule has 2 aliphatic carbocycles. The lowest BCUT2D eigenvalue weighted by molar-refractivity contribution is -0.153. The number of guanidine groups is 1. The van der Waals surface area contributed by atoms with E-state index in [1.54, 1.807) is 0 Å². The van der Waals surface area contributed by atoms with Crippen molar-refractivity contribution in [2.75, 3.05) is 5.73 Å². The third-order valence-corrected chi connectivity index (χ3v) is 8.58. The van der Waals surface area contributed by atoms with Crippen molar-refractivity contribution in [3.63, 3.8) is 0 Å². The second-order valence-corrected chi connectivity index (χ2v) is 12.4. The van der Waals surface area contributed by atoms with E-state index in [1.165, 1.54) is 11.6 Å². The van der Waals surface area contributed by atoms with Gasteiger partial charge in [0.05, 0.1) is 19.3 Å². The maximum absolute atomic E-state index is 13.2. The normalized spacial score (nSPS) is 25.0. The fraction of sp³-hybridized carbons (Fsp3) is 0.524. The Labute approximate surface area is 247 Å². The van der Waals surface area contributed by atoms with Gasteiger partial charge in [-0.3, -0.25) is 14.1 Å². The number of carbonyl (C=O) groups is 3. The lowest BCUT2D eigenvalue weighted by Gasteiger charge is -2.43. The van der Waals surface area contributed by atoms with E-state index in [0.717, 1.165) is 29.0 Å². The Morgan fingerprint density at radius 2 is 2.00 bits per heavy atom. The van der Waals surface area contributed by atoms with Crippen LogP contribution in [0.25, 0.3) is 0 Å². The molecular formula is C21H28N12O8S2. The number of aliphatic imine (C=N–C) groups is 1. The minimum atomic E-state index is -5.02. The van der Waals surface area contributed by atoms with E-state index in [-0.39, 0.29) is 59.1 Å². The predicted octanol–water partition coefficient (Wildman–Crippen LogP) is -3.25. The average Bonchev–Trinajstić information content (AvgIpc) is 3.37. The summed E-state index contributed by atoms with van der Waals surface area (Å²) in [7, 11) is -5.02. The number of aliphatic carboxylic acids is 1. The minimum absolute atomic E-state index is 0.0395. The van der Waals surface area contributed by atoms with Crippen molar-refractivity contribution in [2.24, 2.45) is 21.6 Å². The molecule has 10 N–H and O–H groups in total. The Bertz CT molecular complexity index is 1590. The number of nitrogens with zero attached hydrogens (tertiary/aromatic N) is 7. The number of β-lactam (4-membered cyclic amide) rings is 1. The van der Waals surface area contributed by atoms with Crippen LogP contribution in [-0.4, -0.2) is 102 Å². The topological polar surface area (TPSA) is 309 Å². The second kappa shape index (κ2) is 11.3. The summed E-state index contributed by atoms with van der Waals surface area (Å²) in [5.74, 6) is -3.26. The van der Waals surface area contributed by atoms with Gasteiger partial charge >= 0.3 is 16.3 Å². The third kappa shape index (κ3) is 6.50. The summed E-state index contributed by atoms with van der Waals surface area (Å²) in [6, 6.07) is -2.56. The molecular weight excluding hydrogens is 612 g/mol. The minimum Gasteiger partial charge on any atom is -0.478 e. The molecule has 2 saturated carbocycles. The first-order valence-electron chi connectivity index (χ1n) is 12.8. The van der Waals surface area contributed by atoms with Crippen molar-refractivity contribution in [3.05, 3.63) is 23.0 Å². The summed E-state index contributed by atoms with van der Waals surface area (Å²) in [6.45, 7) is -0.319. The van der Waals surface area contributed by atoms with Crippen LogP contribution in [0.3, 0.4) is 0 Å². The summed E-state index contributed by atoms with van der Waals surface area (Å²) in [5.41, 5.74) is 15.5. The lowest BCUT2D eigenvalue weighted by Crippen LogP contribution is -2.73. The number of carbonyl (C=O) groups excluding carboxylic acids is 2. The SMILES string of the molecule is NC(=NCc1cnn(C[C@H]2C(NC(=O)/C(=N\OC3(C(=O)O)CC3)c3csc(N)n3)C(=O)N2S(=O)(=O)O)n1)NC1CC(N)C1. The van der Waals surface area contributed by atoms with Gasteiger partial charge in [-0.05, 0) is 12.8 Å². The van der Waals surface area contributed by atoms with Gasteiger partial charge in [-0.25, -0.2) is 19.1 Å². The van der Waals surface area contributed by atoms with E-state index in [9.17, 15) is 32.5 Å². The van der Waals surface area contributed by atoms with Crippen molar-refractivity contribution < 1.29 is 37.3 Å². The monoisotopic (exact) mass is 640 g/mol. The molecule has 20 nitrogen and oxygen atoms in total. The maximum Gasteiger partial charge on any atom is 0.362 e. The molecule has 22 heteroatoms. The smallest absolute Gasteiger partial charge is 0.362 e. The molecule has 3 heterocycles. The van der Waals surface area contributed by atoms with Gasteiger partial charge in [-0.1, -0.05) is 5.16 Å². The predicted molar refractivity (Wildman–Crippen MR) is 147 cm³/mol. The van der Waals surface area contributed by atoms with Crippen LogP contribution in [0.1, 0.15) is 37.1 Å². The number of anilines is 1. The van der Waals surface area contributed by atoms with Crippen molar-refractivity contribution in [1.82, 2.24) is 34.9 Å². The number of amides is 2. The Balaban J connectivity index is 1.29. The van der Waals surface area contributed by atoms with Gasteiger partial charge in [0.1, 0.15) is 23.5 Å². The van der Waals surface area contributed by atoms with Crippen LogP contribution in [0.2, 0.25) is 0 Å². The molecule has 1 saturated heterocycles. The summed E-state index contributed by atoms with van der Waals surface area (Å²) < 4.78 is 33.7. The molecule has 2 amide bonds. The first-order chi connectivity index (χ1) is 20.3. The Morgan fingerprint density at radius 1 is 1.28 bits per heavy atom. The zero-order chi connectivity index (χ0) is 31.1. The van der Waals surface area contributed by atoms with Gasteiger partial charge in [-0.2, -0.15) is 23.4 Å². The number of carboxylic acids is 1. The number of hydrogen-bond acceptors (Lipinski definition) is 14. The molecule has 3 aliphatic rings. The first kappa shape index (κ1) is 30.1. The third-order valence-electron chi connectivity index (χ3n) is 6.96. The summed E-state index contributed by atoms with van der Waals surface area (Å²) in [4.78, 5) is 51.8. The summed E-state index contributed by atoms with van der Waals surface area (Å²) in [5, 5.41) is 28.1. The molecule has 43 heavy (non-hydrogen) atoms. The van der Waals surface area contributed by atoms with E-state index in [0.29, 0.717) is 5.69 Å². The van der Waals surface area contributed by atoms with Crippen molar-refractivity contribution in [2.45, 2.75) is 68.5 Å². The molecule has 0 spiro atoms. The van der Waals surface area contributed by atoms with E-state index in [2.05, 4.69) is 36.0 Å². The average molecular weight is 641 g/mol. The van der Waals surface area contributed by atoms with Crippen LogP contribution in [0.15, 0.2) is 21.7 Å². The Hall–Kier alpha value is -4.41. The van der Waals surface area contributed by atoms with E-state index in [1.807, 2.05) is 0 Å². The highest BCUT2D eigenvalue weighted by Gasteiger charge is 2.56. The molecule has 3 fully saturated rings. The molecule has 1 unspecified atom stereocenters. The van der Waals surface area contributed by atoms with Crippen LogP contribution in [-0.2, 0) is 42.6 Å². The largest absolute Gasteiger partial charge is 0.478 e. The number of aromatic nitrogens is 4. The zero-order valence-electron chi connectivity index (χ0n) is 22.2. The van der Waals surface area contributed by atoms with Crippen LogP contribution in [0, 0.1) is 0 Å². The van der Waals surface area contributed by atoms with E-state index in [4.69, 9.17) is 22.0 Å².